The fourth-order valence-electron chi connectivity index (χ4n) is 1.81. The third-order valence-electron chi connectivity index (χ3n) is 2.92. The minimum Gasteiger partial charge on any atom is -0.515 e. The summed E-state index contributed by atoms with van der Waals surface area (Å²) in [5, 5.41) is 8.86. The zero-order chi connectivity index (χ0) is 10.1. The van der Waals surface area contributed by atoms with Crippen molar-refractivity contribution in [3.05, 3.63) is 11.8 Å². The maximum Gasteiger partial charge on any atom is 0.161 e. The van der Waals surface area contributed by atoms with E-state index in [1.807, 2.05) is 0 Å². The molecule has 1 unspecified atom stereocenters. The molecule has 1 aliphatic carbocycles. The van der Waals surface area contributed by atoms with Crippen LogP contribution in [-0.2, 0) is 4.79 Å². The van der Waals surface area contributed by atoms with Gasteiger partial charge in [-0.2, -0.15) is 0 Å². The molecule has 0 radical (unpaired) electrons. The van der Waals surface area contributed by atoms with Gasteiger partial charge < -0.3 is 5.11 Å². The molecule has 74 valence electrons. The van der Waals surface area contributed by atoms with Crippen molar-refractivity contribution in [3.63, 3.8) is 0 Å². The SMILES string of the molecule is CC(C)(C)C1CCC(=O)/C(=C\O)C1. The number of Topliss-reactive ketones (excluding diaryl/α,β-unsaturated/α-hetero) is 1. The first-order chi connectivity index (χ1) is 5.95. The Morgan fingerprint density at radius 3 is 2.54 bits per heavy atom. The molecule has 1 saturated carbocycles. The molecule has 0 aromatic carbocycles. The van der Waals surface area contributed by atoms with Crippen LogP contribution in [-0.4, -0.2) is 10.9 Å². The highest BCUT2D eigenvalue weighted by Gasteiger charge is 2.31. The van der Waals surface area contributed by atoms with E-state index in [9.17, 15) is 4.79 Å². The number of carbonyl (C=O) groups excluding carboxylic acids is 1. The van der Waals surface area contributed by atoms with Crippen LogP contribution in [0.1, 0.15) is 40.0 Å². The van der Waals surface area contributed by atoms with Crippen LogP contribution in [0.5, 0.6) is 0 Å². The molecule has 13 heavy (non-hydrogen) atoms. The van der Waals surface area contributed by atoms with E-state index in [4.69, 9.17) is 5.11 Å². The minimum absolute atomic E-state index is 0.114. The number of carbonyl (C=O) groups is 1. The van der Waals surface area contributed by atoms with E-state index < -0.39 is 0 Å². The molecular formula is C11H18O2. The minimum atomic E-state index is 0.114. The van der Waals surface area contributed by atoms with E-state index in [0.29, 0.717) is 17.9 Å². The Morgan fingerprint density at radius 2 is 2.08 bits per heavy atom. The number of ketones is 1. The van der Waals surface area contributed by atoms with Crippen molar-refractivity contribution >= 4 is 5.78 Å². The van der Waals surface area contributed by atoms with Crippen LogP contribution in [0.25, 0.3) is 0 Å². The fourth-order valence-corrected chi connectivity index (χ4v) is 1.81. The van der Waals surface area contributed by atoms with Crippen molar-refractivity contribution in [3.8, 4) is 0 Å². The van der Waals surface area contributed by atoms with Crippen LogP contribution < -0.4 is 0 Å². The first kappa shape index (κ1) is 10.3. The summed E-state index contributed by atoms with van der Waals surface area (Å²) in [5.41, 5.74) is 0.834. The van der Waals surface area contributed by atoms with Gasteiger partial charge in [-0.15, -0.1) is 0 Å². The largest absolute Gasteiger partial charge is 0.515 e. The van der Waals surface area contributed by atoms with E-state index in [1.54, 1.807) is 0 Å². The molecule has 2 nitrogen and oxygen atoms in total. The van der Waals surface area contributed by atoms with Crippen molar-refractivity contribution in [2.24, 2.45) is 11.3 Å². The molecule has 0 aromatic rings. The second-order valence-electron chi connectivity index (χ2n) is 4.88. The van der Waals surface area contributed by atoms with Gasteiger partial charge >= 0.3 is 0 Å². The zero-order valence-electron chi connectivity index (χ0n) is 8.63. The molecule has 0 spiro atoms. The molecule has 1 rings (SSSR count). The topological polar surface area (TPSA) is 37.3 Å². The third-order valence-corrected chi connectivity index (χ3v) is 2.92. The summed E-state index contributed by atoms with van der Waals surface area (Å²) in [7, 11) is 0. The maximum absolute atomic E-state index is 11.3. The fraction of sp³-hybridized carbons (Fsp3) is 0.727. The molecule has 1 atom stereocenters. The number of allylic oxidation sites excluding steroid dienone is 1. The van der Waals surface area contributed by atoms with Gasteiger partial charge in [-0.3, -0.25) is 4.79 Å². The van der Waals surface area contributed by atoms with E-state index in [0.717, 1.165) is 19.1 Å². The summed E-state index contributed by atoms with van der Waals surface area (Å²) in [6, 6.07) is 0. The lowest BCUT2D eigenvalue weighted by molar-refractivity contribution is -0.117. The average Bonchev–Trinajstić information content (AvgIpc) is 2.03. The van der Waals surface area contributed by atoms with Crippen LogP contribution in [0.4, 0.5) is 0 Å². The van der Waals surface area contributed by atoms with Crippen LogP contribution in [0.15, 0.2) is 11.8 Å². The summed E-state index contributed by atoms with van der Waals surface area (Å²) in [4.78, 5) is 11.3. The van der Waals surface area contributed by atoms with E-state index >= 15 is 0 Å². The molecule has 0 amide bonds. The lowest BCUT2D eigenvalue weighted by Crippen LogP contribution is -2.27. The van der Waals surface area contributed by atoms with Crippen LogP contribution >= 0.6 is 0 Å². The second kappa shape index (κ2) is 3.52. The standard InChI is InChI=1S/C11H18O2/c1-11(2,3)9-4-5-10(13)8(6-9)7-12/h7,9,12H,4-6H2,1-3H3/b8-7-. The molecule has 0 heterocycles. The van der Waals surface area contributed by atoms with Gasteiger partial charge in [0, 0.05) is 12.0 Å². The Kier molecular flexibility index (Phi) is 2.79. The normalized spacial score (nSPS) is 28.1. The molecule has 0 aliphatic heterocycles. The molecule has 0 bridgehead atoms. The Morgan fingerprint density at radius 1 is 1.46 bits per heavy atom. The van der Waals surface area contributed by atoms with Gasteiger partial charge in [0.1, 0.15) is 0 Å². The summed E-state index contributed by atoms with van der Waals surface area (Å²) in [6.45, 7) is 6.55. The summed E-state index contributed by atoms with van der Waals surface area (Å²) in [5.74, 6) is 0.631. The average molecular weight is 182 g/mol. The molecule has 1 N–H and O–H groups in total. The number of hydrogen-bond acceptors (Lipinski definition) is 2. The number of rotatable bonds is 0. The highest BCUT2D eigenvalue weighted by molar-refractivity contribution is 5.95. The van der Waals surface area contributed by atoms with E-state index in [1.165, 1.54) is 0 Å². The van der Waals surface area contributed by atoms with Crippen molar-refractivity contribution < 1.29 is 9.90 Å². The Balaban J connectivity index is 2.71. The number of hydrogen-bond donors (Lipinski definition) is 1. The van der Waals surface area contributed by atoms with Gasteiger partial charge in [0.2, 0.25) is 0 Å². The van der Waals surface area contributed by atoms with Crippen LogP contribution in [0.3, 0.4) is 0 Å². The predicted octanol–water partition coefficient (Wildman–Crippen LogP) is 2.84. The molecule has 1 aliphatic rings. The molecule has 0 aromatic heterocycles. The lowest BCUT2D eigenvalue weighted by Gasteiger charge is -2.33. The quantitative estimate of drug-likeness (QED) is 0.462. The summed E-state index contributed by atoms with van der Waals surface area (Å²) in [6.07, 6.45) is 3.27. The highest BCUT2D eigenvalue weighted by Crippen LogP contribution is 2.38. The Labute approximate surface area is 79.6 Å². The Bertz CT molecular complexity index is 233. The van der Waals surface area contributed by atoms with Gasteiger partial charge in [0.15, 0.2) is 5.78 Å². The highest BCUT2D eigenvalue weighted by atomic mass is 16.2. The first-order valence-corrected chi connectivity index (χ1v) is 4.81. The van der Waals surface area contributed by atoms with Gasteiger partial charge in [-0.1, -0.05) is 20.8 Å². The number of aliphatic hydroxyl groups excluding tert-OH is 1. The summed E-state index contributed by atoms with van der Waals surface area (Å²) < 4.78 is 0. The van der Waals surface area contributed by atoms with Crippen LogP contribution in [0, 0.1) is 11.3 Å². The predicted molar refractivity (Wildman–Crippen MR) is 52.5 cm³/mol. The van der Waals surface area contributed by atoms with Gasteiger partial charge in [-0.05, 0) is 24.2 Å². The van der Waals surface area contributed by atoms with Crippen LogP contribution in [0.2, 0.25) is 0 Å². The van der Waals surface area contributed by atoms with E-state index in [-0.39, 0.29) is 11.2 Å². The third kappa shape index (κ3) is 2.33. The molecule has 1 fully saturated rings. The smallest absolute Gasteiger partial charge is 0.161 e. The summed E-state index contributed by atoms with van der Waals surface area (Å²) >= 11 is 0. The number of aliphatic hydroxyl groups is 1. The van der Waals surface area contributed by atoms with Crippen molar-refractivity contribution in [1.29, 1.82) is 0 Å². The maximum atomic E-state index is 11.3. The molecule has 2 heteroatoms. The van der Waals surface area contributed by atoms with Gasteiger partial charge in [-0.25, -0.2) is 0 Å². The monoisotopic (exact) mass is 182 g/mol. The van der Waals surface area contributed by atoms with Crippen molar-refractivity contribution in [2.75, 3.05) is 0 Å². The second-order valence-corrected chi connectivity index (χ2v) is 4.88. The first-order valence-electron chi connectivity index (χ1n) is 4.81. The molecular weight excluding hydrogens is 164 g/mol. The molecule has 0 saturated heterocycles. The Hall–Kier alpha value is -0.790. The van der Waals surface area contributed by atoms with E-state index in [2.05, 4.69) is 20.8 Å². The lowest BCUT2D eigenvalue weighted by atomic mass is 9.71. The zero-order valence-corrected chi connectivity index (χ0v) is 8.63. The van der Waals surface area contributed by atoms with Crippen molar-refractivity contribution in [2.45, 2.75) is 40.0 Å². The van der Waals surface area contributed by atoms with Gasteiger partial charge in [0.25, 0.3) is 0 Å². The van der Waals surface area contributed by atoms with Crippen molar-refractivity contribution in [1.82, 2.24) is 0 Å². The van der Waals surface area contributed by atoms with Gasteiger partial charge in [0.05, 0.1) is 6.26 Å².